The molecule has 0 aliphatic heterocycles. The van der Waals surface area contributed by atoms with Crippen molar-refractivity contribution in [3.8, 4) is 0 Å². The Morgan fingerprint density at radius 3 is 2.54 bits per heavy atom. The number of rotatable bonds is 5. The molecule has 0 fully saturated rings. The van der Waals surface area contributed by atoms with Crippen molar-refractivity contribution in [2.75, 3.05) is 0 Å². The number of aromatic amines is 1. The number of aromatic nitrogens is 2. The smallest absolute Gasteiger partial charge is 0.340 e. The van der Waals surface area contributed by atoms with Gasteiger partial charge in [0.2, 0.25) is 5.78 Å². The van der Waals surface area contributed by atoms with Crippen molar-refractivity contribution in [3.63, 3.8) is 0 Å². The molecule has 0 bridgehead atoms. The van der Waals surface area contributed by atoms with Gasteiger partial charge in [-0.1, -0.05) is 48.5 Å². The number of nitrogens with one attached hydrogen (secondary N) is 1. The number of ketones is 1. The Bertz CT molecular complexity index is 1150. The number of para-hydroxylation sites is 1. The first-order valence-corrected chi connectivity index (χ1v) is 9.39. The summed E-state index contributed by atoms with van der Waals surface area (Å²) in [6.07, 6.45) is 3.57. The average molecular weight is 435 g/mol. The van der Waals surface area contributed by atoms with E-state index < -0.39 is 12.1 Å². The standard InChI is InChI=1S/C22H15BrN2O3/c23-16-10-15(11-24-12-16)22(27)28-21(14-6-2-1-3-7-14)20(26)18-13-25-19-9-5-4-8-17(18)19/h1-13,21,25H/t21-/m1/s1. The molecule has 2 heterocycles. The van der Waals surface area contributed by atoms with Crippen LogP contribution in [0.4, 0.5) is 0 Å². The van der Waals surface area contributed by atoms with Crippen molar-refractivity contribution in [3.05, 3.63) is 100 Å². The van der Waals surface area contributed by atoms with Crippen LogP contribution in [0.3, 0.4) is 0 Å². The molecule has 2 aromatic heterocycles. The minimum Gasteiger partial charge on any atom is -0.445 e. The highest BCUT2D eigenvalue weighted by Crippen LogP contribution is 2.28. The van der Waals surface area contributed by atoms with Gasteiger partial charge in [0.1, 0.15) is 0 Å². The van der Waals surface area contributed by atoms with Crippen LogP contribution in [0.2, 0.25) is 0 Å². The molecule has 138 valence electrons. The molecule has 2 aromatic carbocycles. The van der Waals surface area contributed by atoms with Crippen LogP contribution in [0, 0.1) is 0 Å². The van der Waals surface area contributed by atoms with Crippen molar-refractivity contribution >= 4 is 38.6 Å². The molecule has 0 unspecified atom stereocenters. The predicted molar refractivity (Wildman–Crippen MR) is 109 cm³/mol. The van der Waals surface area contributed by atoms with Gasteiger partial charge in [-0.2, -0.15) is 0 Å². The van der Waals surface area contributed by atoms with E-state index in [4.69, 9.17) is 4.74 Å². The molecule has 4 rings (SSSR count). The number of carbonyl (C=O) groups is 2. The molecule has 0 saturated heterocycles. The van der Waals surface area contributed by atoms with E-state index in [0.717, 1.165) is 10.9 Å². The van der Waals surface area contributed by atoms with E-state index in [1.54, 1.807) is 42.7 Å². The zero-order valence-corrected chi connectivity index (χ0v) is 16.2. The topological polar surface area (TPSA) is 72.1 Å². The number of Topliss-reactive ketones (excluding diaryl/α,β-unsaturated/α-hetero) is 1. The molecule has 0 saturated carbocycles. The second-order valence-corrected chi connectivity index (χ2v) is 7.12. The quantitative estimate of drug-likeness (QED) is 0.350. The number of H-pyrrole nitrogens is 1. The van der Waals surface area contributed by atoms with Crippen LogP contribution >= 0.6 is 15.9 Å². The van der Waals surface area contributed by atoms with Crippen molar-refractivity contribution in [1.82, 2.24) is 9.97 Å². The van der Waals surface area contributed by atoms with Crippen LogP contribution < -0.4 is 0 Å². The number of ether oxygens (including phenoxy) is 1. The van der Waals surface area contributed by atoms with Crippen LogP contribution in [-0.2, 0) is 4.74 Å². The lowest BCUT2D eigenvalue weighted by Gasteiger charge is -2.17. The van der Waals surface area contributed by atoms with Crippen LogP contribution in [-0.4, -0.2) is 21.7 Å². The highest BCUT2D eigenvalue weighted by atomic mass is 79.9. The van der Waals surface area contributed by atoms with Gasteiger partial charge in [-0.05, 0) is 28.1 Å². The minimum absolute atomic E-state index is 0.266. The van der Waals surface area contributed by atoms with Gasteiger partial charge in [-0.3, -0.25) is 9.78 Å². The Hall–Kier alpha value is -3.25. The summed E-state index contributed by atoms with van der Waals surface area (Å²) in [6, 6.07) is 18.1. The monoisotopic (exact) mass is 434 g/mol. The van der Waals surface area contributed by atoms with Gasteiger partial charge in [-0.15, -0.1) is 0 Å². The van der Waals surface area contributed by atoms with E-state index in [1.165, 1.54) is 6.20 Å². The highest BCUT2D eigenvalue weighted by Gasteiger charge is 2.28. The van der Waals surface area contributed by atoms with Gasteiger partial charge in [-0.25, -0.2) is 4.79 Å². The van der Waals surface area contributed by atoms with Crippen molar-refractivity contribution in [2.24, 2.45) is 0 Å². The molecule has 1 N–H and O–H groups in total. The summed E-state index contributed by atoms with van der Waals surface area (Å²) in [5, 5.41) is 0.786. The number of carbonyl (C=O) groups excluding carboxylic acids is 2. The average Bonchev–Trinajstić information content (AvgIpc) is 3.16. The fourth-order valence-corrected chi connectivity index (χ4v) is 3.38. The molecule has 6 heteroatoms. The van der Waals surface area contributed by atoms with Crippen LogP contribution in [0.1, 0.15) is 32.4 Å². The Kier molecular flexibility index (Phi) is 5.04. The van der Waals surface area contributed by atoms with Gasteiger partial charge >= 0.3 is 5.97 Å². The molecule has 0 spiro atoms. The SMILES string of the molecule is O=C(O[C@@H](C(=O)c1c[nH]c2ccccc12)c1ccccc1)c1cncc(Br)c1. The number of esters is 1. The summed E-state index contributed by atoms with van der Waals surface area (Å²) in [7, 11) is 0. The summed E-state index contributed by atoms with van der Waals surface area (Å²) in [5.74, 6) is -0.907. The highest BCUT2D eigenvalue weighted by molar-refractivity contribution is 9.10. The first kappa shape index (κ1) is 18.1. The molecular formula is C22H15BrN2O3. The number of benzene rings is 2. The Labute approximate surface area is 169 Å². The molecule has 0 aliphatic carbocycles. The maximum absolute atomic E-state index is 13.3. The minimum atomic E-state index is -1.06. The first-order valence-electron chi connectivity index (χ1n) is 8.60. The van der Waals surface area contributed by atoms with E-state index in [-0.39, 0.29) is 11.3 Å². The zero-order chi connectivity index (χ0) is 19.5. The second-order valence-electron chi connectivity index (χ2n) is 6.20. The number of hydrogen-bond donors (Lipinski definition) is 1. The Morgan fingerprint density at radius 2 is 1.75 bits per heavy atom. The van der Waals surface area contributed by atoms with Gasteiger partial charge < -0.3 is 9.72 Å². The van der Waals surface area contributed by atoms with E-state index >= 15 is 0 Å². The first-order chi connectivity index (χ1) is 13.6. The molecule has 5 nitrogen and oxygen atoms in total. The fourth-order valence-electron chi connectivity index (χ4n) is 3.02. The fraction of sp³-hybridized carbons (Fsp3) is 0.0455. The largest absolute Gasteiger partial charge is 0.445 e. The number of pyridine rings is 1. The maximum Gasteiger partial charge on any atom is 0.340 e. The summed E-state index contributed by atoms with van der Waals surface area (Å²) in [6.45, 7) is 0. The molecule has 4 aromatic rings. The van der Waals surface area contributed by atoms with Gasteiger partial charge in [0.25, 0.3) is 0 Å². The molecule has 1 atom stereocenters. The molecular weight excluding hydrogens is 420 g/mol. The lowest BCUT2D eigenvalue weighted by atomic mass is 9.99. The van der Waals surface area contributed by atoms with Crippen molar-refractivity contribution in [1.29, 1.82) is 0 Å². The van der Waals surface area contributed by atoms with Crippen LogP contribution in [0.5, 0.6) is 0 Å². The lowest BCUT2D eigenvalue weighted by Crippen LogP contribution is -2.20. The summed E-state index contributed by atoms with van der Waals surface area (Å²) in [4.78, 5) is 33.1. The van der Waals surface area contributed by atoms with E-state index in [0.29, 0.717) is 15.6 Å². The summed E-state index contributed by atoms with van der Waals surface area (Å²) >= 11 is 3.29. The molecule has 28 heavy (non-hydrogen) atoms. The number of hydrogen-bond acceptors (Lipinski definition) is 4. The van der Waals surface area contributed by atoms with E-state index in [1.807, 2.05) is 30.3 Å². The third-order valence-corrected chi connectivity index (χ3v) is 4.79. The number of fused-ring (bicyclic) bond motifs is 1. The van der Waals surface area contributed by atoms with Crippen molar-refractivity contribution in [2.45, 2.75) is 6.10 Å². The third kappa shape index (κ3) is 3.59. The summed E-state index contributed by atoms with van der Waals surface area (Å²) in [5.41, 5.74) is 2.20. The zero-order valence-electron chi connectivity index (χ0n) is 14.6. The van der Waals surface area contributed by atoms with Gasteiger partial charge in [0.05, 0.1) is 5.56 Å². The maximum atomic E-state index is 13.3. The van der Waals surface area contributed by atoms with Crippen LogP contribution in [0.15, 0.2) is 83.7 Å². The van der Waals surface area contributed by atoms with Gasteiger partial charge in [0, 0.05) is 45.1 Å². The van der Waals surface area contributed by atoms with E-state index in [9.17, 15) is 9.59 Å². The normalized spacial score (nSPS) is 11.9. The number of halogens is 1. The molecule has 0 aliphatic rings. The second kappa shape index (κ2) is 7.78. The predicted octanol–water partition coefficient (Wildman–Crippen LogP) is 5.11. The van der Waals surface area contributed by atoms with E-state index in [2.05, 4.69) is 25.9 Å². The molecule has 0 amide bonds. The Morgan fingerprint density at radius 1 is 1.00 bits per heavy atom. The Balaban J connectivity index is 1.72. The van der Waals surface area contributed by atoms with Gasteiger partial charge in [0.15, 0.2) is 6.10 Å². The van der Waals surface area contributed by atoms with Crippen molar-refractivity contribution < 1.29 is 14.3 Å². The number of nitrogens with zero attached hydrogens (tertiary/aromatic N) is 1. The molecule has 0 radical (unpaired) electrons. The lowest BCUT2D eigenvalue weighted by molar-refractivity contribution is 0.0280. The summed E-state index contributed by atoms with van der Waals surface area (Å²) < 4.78 is 6.30. The third-order valence-electron chi connectivity index (χ3n) is 4.36. The van der Waals surface area contributed by atoms with Crippen LogP contribution in [0.25, 0.3) is 10.9 Å².